The molecule has 0 unspecified atom stereocenters. The van der Waals surface area contributed by atoms with Gasteiger partial charge in [-0.25, -0.2) is 14.6 Å². The van der Waals surface area contributed by atoms with Crippen LogP contribution in [0.25, 0.3) is 22.4 Å². The highest BCUT2D eigenvalue weighted by Crippen LogP contribution is 2.28. The number of fused-ring (bicyclic) bond motifs is 1. The van der Waals surface area contributed by atoms with Crippen molar-refractivity contribution in [2.45, 2.75) is 40.3 Å². The van der Waals surface area contributed by atoms with E-state index < -0.39 is 12.1 Å². The minimum Gasteiger partial charge on any atom is -0.465 e. The van der Waals surface area contributed by atoms with Gasteiger partial charge in [0.15, 0.2) is 5.65 Å². The van der Waals surface area contributed by atoms with Crippen molar-refractivity contribution in [2.75, 3.05) is 0 Å². The van der Waals surface area contributed by atoms with Crippen LogP contribution in [0.3, 0.4) is 0 Å². The van der Waals surface area contributed by atoms with Gasteiger partial charge in [-0.1, -0.05) is 26.8 Å². The first-order valence-electron chi connectivity index (χ1n) is 9.62. The molecular weight excluding hydrogens is 382 g/mol. The van der Waals surface area contributed by atoms with E-state index in [9.17, 15) is 14.9 Å². The Morgan fingerprint density at radius 2 is 2.00 bits per heavy atom. The fourth-order valence-electron chi connectivity index (χ4n) is 3.46. The molecule has 0 spiro atoms. The molecular formula is C22H25N5O3. The van der Waals surface area contributed by atoms with Crippen molar-refractivity contribution >= 4 is 17.3 Å². The highest BCUT2D eigenvalue weighted by molar-refractivity contribution is 5.78. The van der Waals surface area contributed by atoms with Gasteiger partial charge in [0.2, 0.25) is 0 Å². The van der Waals surface area contributed by atoms with Gasteiger partial charge >= 0.3 is 11.8 Å². The number of imidazole rings is 1. The second-order valence-electron chi connectivity index (χ2n) is 8.62. The first kappa shape index (κ1) is 21.1. The van der Waals surface area contributed by atoms with Gasteiger partial charge in [-0.2, -0.15) is 5.26 Å². The Morgan fingerprint density at radius 1 is 1.30 bits per heavy atom. The number of hydrogen-bond acceptors (Lipinski definition) is 4. The normalized spacial score (nSPS) is 12.5. The van der Waals surface area contributed by atoms with Crippen molar-refractivity contribution in [1.82, 2.24) is 19.4 Å². The predicted molar refractivity (Wildman–Crippen MR) is 114 cm³/mol. The molecule has 8 heteroatoms. The minimum absolute atomic E-state index is 0.0770. The lowest BCUT2D eigenvalue weighted by atomic mass is 9.97. The van der Waals surface area contributed by atoms with E-state index in [1.54, 1.807) is 42.8 Å². The Bertz CT molecular complexity index is 1220. The van der Waals surface area contributed by atoms with Crippen LogP contribution >= 0.6 is 0 Å². The Hall–Kier alpha value is -3.60. The largest absolute Gasteiger partial charge is 0.465 e. The van der Waals surface area contributed by atoms with Gasteiger partial charge in [0, 0.05) is 19.2 Å². The van der Waals surface area contributed by atoms with Gasteiger partial charge in [-0.3, -0.25) is 9.13 Å². The van der Waals surface area contributed by atoms with Crippen molar-refractivity contribution in [1.29, 1.82) is 5.26 Å². The molecule has 0 aliphatic rings. The molecule has 8 nitrogen and oxygen atoms in total. The second-order valence-corrected chi connectivity index (χ2v) is 8.62. The number of carbonyl (C=O) groups is 1. The highest BCUT2D eigenvalue weighted by atomic mass is 16.4. The number of benzene rings is 1. The smallest absolute Gasteiger partial charge is 0.405 e. The summed E-state index contributed by atoms with van der Waals surface area (Å²) in [6.45, 7) is 8.49. The van der Waals surface area contributed by atoms with Gasteiger partial charge in [0.25, 0.3) is 0 Å². The molecule has 0 aliphatic carbocycles. The molecule has 30 heavy (non-hydrogen) atoms. The van der Waals surface area contributed by atoms with E-state index in [1.165, 1.54) is 4.57 Å². The first-order valence-corrected chi connectivity index (χ1v) is 9.62. The van der Waals surface area contributed by atoms with Crippen molar-refractivity contribution in [2.24, 2.45) is 12.5 Å². The molecule has 0 bridgehead atoms. The Kier molecular flexibility index (Phi) is 5.40. The summed E-state index contributed by atoms with van der Waals surface area (Å²) in [6, 6.07) is 10.5. The number of nitriles is 1. The number of nitrogens with zero attached hydrogens (tertiary/aromatic N) is 4. The van der Waals surface area contributed by atoms with E-state index >= 15 is 0 Å². The number of pyridine rings is 1. The van der Waals surface area contributed by atoms with Crippen LogP contribution in [0.15, 0.2) is 35.1 Å². The molecule has 1 aromatic carbocycles. The molecule has 156 valence electrons. The first-order chi connectivity index (χ1) is 14.0. The SMILES string of the molecule is C[C@@H](NC(=O)O)c1ccc(C#N)c(-c2ccc3c(n2)n(C)c(=O)n3CC(C)(C)C)c1. The summed E-state index contributed by atoms with van der Waals surface area (Å²) in [6.07, 6.45) is -1.12. The number of carboxylic acid groups (broad SMARTS) is 1. The van der Waals surface area contributed by atoms with Crippen LogP contribution < -0.4 is 11.0 Å². The summed E-state index contributed by atoms with van der Waals surface area (Å²) < 4.78 is 3.22. The van der Waals surface area contributed by atoms with Crippen LogP contribution in [0.2, 0.25) is 0 Å². The summed E-state index contributed by atoms with van der Waals surface area (Å²) in [7, 11) is 1.68. The quantitative estimate of drug-likeness (QED) is 0.685. The molecule has 3 aromatic rings. The minimum atomic E-state index is -1.12. The van der Waals surface area contributed by atoms with Crippen LogP contribution in [0.1, 0.15) is 44.9 Å². The van der Waals surface area contributed by atoms with Crippen LogP contribution in [0.4, 0.5) is 4.79 Å². The Morgan fingerprint density at radius 3 is 2.60 bits per heavy atom. The molecule has 3 rings (SSSR count). The molecule has 0 saturated carbocycles. The van der Waals surface area contributed by atoms with Crippen molar-refractivity contribution in [3.63, 3.8) is 0 Å². The van der Waals surface area contributed by atoms with Crippen molar-refractivity contribution in [3.05, 3.63) is 51.9 Å². The average molecular weight is 407 g/mol. The lowest BCUT2D eigenvalue weighted by Gasteiger charge is -2.18. The van der Waals surface area contributed by atoms with Gasteiger partial charge in [-0.15, -0.1) is 0 Å². The molecule has 2 N–H and O–H groups in total. The summed E-state index contributed by atoms with van der Waals surface area (Å²) in [5.74, 6) is 0. The van der Waals surface area contributed by atoms with E-state index in [0.717, 1.165) is 5.52 Å². The highest BCUT2D eigenvalue weighted by Gasteiger charge is 2.20. The van der Waals surface area contributed by atoms with Crippen LogP contribution in [-0.4, -0.2) is 25.3 Å². The predicted octanol–water partition coefficient (Wildman–Crippen LogP) is 3.65. The number of amides is 1. The van der Waals surface area contributed by atoms with Crippen LogP contribution in [0, 0.1) is 16.7 Å². The van der Waals surface area contributed by atoms with E-state index in [-0.39, 0.29) is 11.1 Å². The summed E-state index contributed by atoms with van der Waals surface area (Å²) in [4.78, 5) is 28.4. The Labute approximate surface area is 174 Å². The van der Waals surface area contributed by atoms with E-state index in [0.29, 0.717) is 34.6 Å². The molecule has 1 amide bonds. The maximum absolute atomic E-state index is 12.8. The molecule has 0 aliphatic heterocycles. The van der Waals surface area contributed by atoms with E-state index in [2.05, 4.69) is 37.1 Å². The fraction of sp³-hybridized carbons (Fsp3) is 0.364. The zero-order valence-electron chi connectivity index (χ0n) is 17.7. The van der Waals surface area contributed by atoms with Gasteiger partial charge < -0.3 is 10.4 Å². The lowest BCUT2D eigenvalue weighted by Crippen LogP contribution is -2.27. The van der Waals surface area contributed by atoms with Crippen molar-refractivity contribution < 1.29 is 9.90 Å². The Balaban J connectivity index is 2.16. The standard InChI is InChI=1S/C22H25N5O3/c1-13(24-20(28)29)14-6-7-15(11-23)16(10-14)17-8-9-18-19(25-17)26(5)21(30)27(18)12-22(2,3)4/h6-10,13,24H,12H2,1-5H3,(H,28,29)/t13-/m1/s1. The van der Waals surface area contributed by atoms with Gasteiger partial charge in [0.05, 0.1) is 28.9 Å². The van der Waals surface area contributed by atoms with Crippen molar-refractivity contribution in [3.8, 4) is 17.3 Å². The number of nitrogens with one attached hydrogen (secondary N) is 1. The zero-order chi connectivity index (χ0) is 22.2. The average Bonchev–Trinajstić information content (AvgIpc) is 2.90. The molecule has 0 fully saturated rings. The van der Waals surface area contributed by atoms with Gasteiger partial charge in [0.1, 0.15) is 0 Å². The second kappa shape index (κ2) is 7.67. The lowest BCUT2D eigenvalue weighted by molar-refractivity contribution is 0.191. The third-order valence-electron chi connectivity index (χ3n) is 4.89. The number of aromatic nitrogens is 3. The summed E-state index contributed by atoms with van der Waals surface area (Å²) in [5.41, 5.74) is 3.33. The third-order valence-corrected chi connectivity index (χ3v) is 4.89. The summed E-state index contributed by atoms with van der Waals surface area (Å²) >= 11 is 0. The topological polar surface area (TPSA) is 113 Å². The van der Waals surface area contributed by atoms with Crippen LogP contribution in [-0.2, 0) is 13.6 Å². The monoisotopic (exact) mass is 407 g/mol. The molecule has 2 aromatic heterocycles. The van der Waals surface area contributed by atoms with Crippen LogP contribution in [0.5, 0.6) is 0 Å². The third kappa shape index (κ3) is 4.06. The zero-order valence-corrected chi connectivity index (χ0v) is 17.7. The van der Waals surface area contributed by atoms with Gasteiger partial charge in [-0.05, 0) is 42.2 Å². The summed E-state index contributed by atoms with van der Waals surface area (Å²) in [5, 5.41) is 20.9. The molecule has 2 heterocycles. The number of aryl methyl sites for hydroxylation is 1. The maximum atomic E-state index is 12.8. The maximum Gasteiger partial charge on any atom is 0.405 e. The number of rotatable bonds is 4. The molecule has 0 saturated heterocycles. The van der Waals surface area contributed by atoms with E-state index in [1.807, 2.05) is 6.07 Å². The molecule has 1 atom stereocenters. The number of hydrogen-bond donors (Lipinski definition) is 2. The van der Waals surface area contributed by atoms with E-state index in [4.69, 9.17) is 5.11 Å². The fourth-order valence-corrected chi connectivity index (χ4v) is 3.46. The molecule has 0 radical (unpaired) electrons.